The van der Waals surface area contributed by atoms with Crippen LogP contribution in [0.15, 0.2) is 29.0 Å². The highest BCUT2D eigenvalue weighted by atomic mass is 16.6. The van der Waals surface area contributed by atoms with Gasteiger partial charge in [-0.1, -0.05) is 30.7 Å². The maximum Gasteiger partial charge on any atom is 0.305 e. The van der Waals surface area contributed by atoms with Gasteiger partial charge in [-0.15, -0.1) is 0 Å². The van der Waals surface area contributed by atoms with Crippen LogP contribution in [0, 0.1) is 34.5 Å². The molecule has 3 saturated carbocycles. The summed E-state index contributed by atoms with van der Waals surface area (Å²) in [5, 5.41) is 27.7. The Kier molecular flexibility index (Phi) is 7.75. The Hall–Kier alpha value is -2.19. The number of rotatable bonds is 7. The predicted octanol–water partition coefficient (Wildman–Crippen LogP) is 5.01. The van der Waals surface area contributed by atoms with Crippen molar-refractivity contribution in [3.05, 3.63) is 23.8 Å². The number of oxime groups is 1. The van der Waals surface area contributed by atoms with Crippen molar-refractivity contribution < 1.29 is 29.4 Å². The largest absolute Gasteiger partial charge is 0.481 e. The van der Waals surface area contributed by atoms with E-state index in [9.17, 15) is 19.8 Å². The van der Waals surface area contributed by atoms with Crippen molar-refractivity contribution in [3.8, 4) is 0 Å². The highest BCUT2D eigenvalue weighted by molar-refractivity contribution is 6.05. The van der Waals surface area contributed by atoms with Gasteiger partial charge in [-0.05, 0) is 113 Å². The topological polar surface area (TPSA) is 117 Å². The van der Waals surface area contributed by atoms with E-state index in [1.54, 1.807) is 0 Å². The molecule has 1 saturated heterocycles. The summed E-state index contributed by atoms with van der Waals surface area (Å²) < 4.78 is 5.77. The monoisotopic (exact) mass is 556 g/mol. The summed E-state index contributed by atoms with van der Waals surface area (Å²) in [5.41, 5.74) is 1.17. The van der Waals surface area contributed by atoms with Crippen LogP contribution in [-0.4, -0.2) is 58.3 Å². The van der Waals surface area contributed by atoms with Gasteiger partial charge in [0.15, 0.2) is 6.61 Å². The molecule has 0 aromatic carbocycles. The van der Waals surface area contributed by atoms with Crippen LogP contribution >= 0.6 is 0 Å². The van der Waals surface area contributed by atoms with Gasteiger partial charge in [-0.3, -0.25) is 9.59 Å². The molecule has 8 atom stereocenters. The predicted molar refractivity (Wildman–Crippen MR) is 153 cm³/mol. The molecule has 4 fully saturated rings. The number of allylic oxidation sites excluding steroid dienone is 4. The van der Waals surface area contributed by atoms with E-state index in [1.807, 2.05) is 26.8 Å². The molecule has 0 bridgehead atoms. The number of carbonyl (C=O) groups excluding carboxylic acids is 1. The van der Waals surface area contributed by atoms with Crippen molar-refractivity contribution in [2.75, 3.05) is 13.2 Å². The minimum Gasteiger partial charge on any atom is -0.481 e. The number of hydrogen-bond acceptors (Lipinski definition) is 6. The molecule has 8 nitrogen and oxygen atoms in total. The molecule has 222 valence electrons. The van der Waals surface area contributed by atoms with E-state index in [2.05, 4.69) is 36.5 Å². The zero-order chi connectivity index (χ0) is 28.9. The molecule has 1 heterocycles. The minimum absolute atomic E-state index is 0.00952. The average molecular weight is 557 g/mol. The van der Waals surface area contributed by atoms with E-state index in [1.165, 1.54) is 5.57 Å². The quantitative estimate of drug-likeness (QED) is 0.380. The zero-order valence-corrected chi connectivity index (χ0v) is 24.9. The third-order valence-corrected chi connectivity index (χ3v) is 11.5. The second-order valence-corrected chi connectivity index (χ2v) is 14.4. The summed E-state index contributed by atoms with van der Waals surface area (Å²) in [6, 6.07) is -0.474. The lowest BCUT2D eigenvalue weighted by atomic mass is 9.47. The number of amides is 1. The Morgan fingerprint density at radius 1 is 1.12 bits per heavy atom. The highest BCUT2D eigenvalue weighted by Gasteiger charge is 2.62. The van der Waals surface area contributed by atoms with Gasteiger partial charge in [0.25, 0.3) is 5.91 Å². The van der Waals surface area contributed by atoms with E-state index in [4.69, 9.17) is 9.57 Å². The third-order valence-electron chi connectivity index (χ3n) is 11.5. The average Bonchev–Trinajstić information content (AvgIpc) is 3.11. The van der Waals surface area contributed by atoms with Gasteiger partial charge in [-0.2, -0.15) is 0 Å². The lowest BCUT2D eigenvalue weighted by Crippen LogP contribution is -2.53. The molecule has 5 rings (SSSR count). The Labute approximate surface area is 238 Å². The molecule has 0 radical (unpaired) electrons. The molecule has 3 N–H and O–H groups in total. The fourth-order valence-electron chi connectivity index (χ4n) is 9.07. The summed E-state index contributed by atoms with van der Waals surface area (Å²) in [4.78, 5) is 29.6. The van der Waals surface area contributed by atoms with Gasteiger partial charge in [0.2, 0.25) is 0 Å². The molecule has 1 aliphatic heterocycles. The van der Waals surface area contributed by atoms with E-state index in [0.717, 1.165) is 38.5 Å². The Morgan fingerprint density at radius 3 is 2.60 bits per heavy atom. The summed E-state index contributed by atoms with van der Waals surface area (Å²) in [6.07, 6.45) is 14.0. The minimum atomic E-state index is -0.937. The number of nitrogens with one attached hydrogen (secondary N) is 1. The maximum absolute atomic E-state index is 12.7. The first-order valence-electron chi connectivity index (χ1n) is 15.2. The number of carboxylic acids is 1. The number of aliphatic carboxylic acids is 1. The molecule has 40 heavy (non-hydrogen) atoms. The lowest BCUT2D eigenvalue weighted by molar-refractivity contribution is -0.139. The molecule has 0 aromatic heterocycles. The van der Waals surface area contributed by atoms with Crippen LogP contribution in [0.5, 0.6) is 0 Å². The lowest BCUT2D eigenvalue weighted by Gasteiger charge is -2.58. The van der Waals surface area contributed by atoms with Gasteiger partial charge >= 0.3 is 5.97 Å². The summed E-state index contributed by atoms with van der Waals surface area (Å²) in [7, 11) is 0. The van der Waals surface area contributed by atoms with Crippen molar-refractivity contribution in [2.45, 2.75) is 110 Å². The van der Waals surface area contributed by atoms with E-state index >= 15 is 0 Å². The van der Waals surface area contributed by atoms with Crippen molar-refractivity contribution >= 4 is 17.6 Å². The fourth-order valence-corrected chi connectivity index (χ4v) is 9.07. The normalized spacial score (nSPS) is 41.8. The maximum atomic E-state index is 12.7. The fraction of sp³-hybridized carbons (Fsp3) is 0.781. The first kappa shape index (κ1) is 29.3. The Bertz CT molecular complexity index is 1110. The van der Waals surface area contributed by atoms with Gasteiger partial charge in [0, 0.05) is 18.1 Å². The van der Waals surface area contributed by atoms with Gasteiger partial charge < -0.3 is 25.1 Å². The van der Waals surface area contributed by atoms with Crippen LogP contribution < -0.4 is 5.32 Å². The molecule has 4 aliphatic carbocycles. The van der Waals surface area contributed by atoms with Crippen molar-refractivity contribution in [1.29, 1.82) is 0 Å². The number of carboxylic acid groups (broad SMARTS) is 1. The standard InChI is InChI=1S/C32H48N2O6/c1-29(2)18-20(11-15-39-29)26(17-28(36)37)33-27(35)19-40-34-22-8-12-30(3)21(16-22)6-7-23-24(30)9-13-31(4)25(23)10-14-32(31,5)38/h8,12,16,20,23-26,38H,6-7,9-11,13-15,17-19H2,1-5H3,(H,33,35)(H,36,37)/b34-22-/t20-,23-,24-,25+,26+,30+,31+,32+/m1/s1. The molecule has 0 unspecified atom stereocenters. The second-order valence-electron chi connectivity index (χ2n) is 14.4. The smallest absolute Gasteiger partial charge is 0.305 e. The van der Waals surface area contributed by atoms with Gasteiger partial charge in [0.05, 0.1) is 17.6 Å². The van der Waals surface area contributed by atoms with Crippen LogP contribution in [0.3, 0.4) is 0 Å². The zero-order valence-electron chi connectivity index (χ0n) is 24.9. The first-order chi connectivity index (χ1) is 18.7. The SMILES string of the molecule is CC1(C)C[C@H]([C@H](CC(=O)O)NC(=O)CO/N=C2/C=C[C@@]3(C)C(=C2)CC[C@@H]2[C@H]3CC[C@@]3(C)[C@H]2CC[C@]3(C)O)CCO1. The molecule has 1 amide bonds. The van der Waals surface area contributed by atoms with Gasteiger partial charge in [-0.25, -0.2) is 0 Å². The number of nitrogens with zero attached hydrogens (tertiary/aromatic N) is 1. The van der Waals surface area contributed by atoms with Gasteiger partial charge in [0.1, 0.15) is 5.71 Å². The van der Waals surface area contributed by atoms with Crippen LogP contribution in [0.1, 0.15) is 92.4 Å². The Balaban J connectivity index is 1.19. The Morgan fingerprint density at radius 2 is 1.88 bits per heavy atom. The van der Waals surface area contributed by atoms with Crippen molar-refractivity contribution in [3.63, 3.8) is 0 Å². The highest BCUT2D eigenvalue weighted by Crippen LogP contribution is 2.66. The second kappa shape index (κ2) is 10.6. The van der Waals surface area contributed by atoms with Crippen molar-refractivity contribution in [2.24, 2.45) is 39.7 Å². The molecule has 5 aliphatic rings. The summed E-state index contributed by atoms with van der Waals surface area (Å²) in [5.74, 6) is 0.483. The summed E-state index contributed by atoms with van der Waals surface area (Å²) >= 11 is 0. The number of carbonyl (C=O) groups is 2. The number of hydrogen-bond donors (Lipinski definition) is 3. The summed E-state index contributed by atoms with van der Waals surface area (Å²) in [6.45, 7) is 11.0. The molecular formula is C32H48N2O6. The van der Waals surface area contributed by atoms with Crippen molar-refractivity contribution in [1.82, 2.24) is 5.32 Å². The number of aliphatic hydroxyl groups is 1. The van der Waals surface area contributed by atoms with Crippen LogP contribution in [0.2, 0.25) is 0 Å². The van der Waals surface area contributed by atoms with E-state index < -0.39 is 17.6 Å². The molecular weight excluding hydrogens is 508 g/mol. The molecule has 0 aromatic rings. The van der Waals surface area contributed by atoms with E-state index in [0.29, 0.717) is 42.9 Å². The van der Waals surface area contributed by atoms with Crippen LogP contribution in [0.25, 0.3) is 0 Å². The number of fused-ring (bicyclic) bond motifs is 5. The van der Waals surface area contributed by atoms with Crippen LogP contribution in [-0.2, 0) is 19.2 Å². The third kappa shape index (κ3) is 5.38. The first-order valence-corrected chi connectivity index (χ1v) is 15.2. The van der Waals surface area contributed by atoms with E-state index in [-0.39, 0.29) is 41.3 Å². The molecule has 8 heteroatoms. The molecule has 0 spiro atoms. The van der Waals surface area contributed by atoms with Crippen LogP contribution in [0.4, 0.5) is 0 Å². The number of ether oxygens (including phenoxy) is 1.